The van der Waals surface area contributed by atoms with Crippen LogP contribution in [0.3, 0.4) is 0 Å². The lowest BCUT2D eigenvalue weighted by Crippen LogP contribution is -2.30. The molecule has 2 unspecified atom stereocenters. The molecular formula is C15H22O4. The normalized spacial score (nSPS) is 13.8. The number of hydrogen-bond acceptors (Lipinski definition) is 3. The average Bonchev–Trinajstić information content (AvgIpc) is 2.42. The van der Waals surface area contributed by atoms with E-state index in [-0.39, 0.29) is 6.61 Å². The number of carboxylic acid groups (broad SMARTS) is 1. The fourth-order valence-corrected chi connectivity index (χ4v) is 1.69. The molecule has 0 spiro atoms. The van der Waals surface area contributed by atoms with Gasteiger partial charge in [-0.1, -0.05) is 26.0 Å². The highest BCUT2D eigenvalue weighted by Crippen LogP contribution is 2.21. The van der Waals surface area contributed by atoms with Crippen molar-refractivity contribution in [3.63, 3.8) is 0 Å². The third kappa shape index (κ3) is 4.91. The number of benzene rings is 1. The van der Waals surface area contributed by atoms with E-state index in [0.29, 0.717) is 18.3 Å². The van der Waals surface area contributed by atoms with Crippen molar-refractivity contribution in [3.8, 4) is 5.75 Å². The lowest BCUT2D eigenvalue weighted by molar-refractivity contribution is -0.152. The summed E-state index contributed by atoms with van der Waals surface area (Å²) >= 11 is 0. The van der Waals surface area contributed by atoms with Crippen molar-refractivity contribution in [3.05, 3.63) is 29.8 Å². The van der Waals surface area contributed by atoms with Crippen LogP contribution in [-0.4, -0.2) is 30.4 Å². The lowest BCUT2D eigenvalue weighted by atomic mass is 9.99. The van der Waals surface area contributed by atoms with Crippen LogP contribution in [0.4, 0.5) is 0 Å². The molecule has 0 aliphatic carbocycles. The zero-order chi connectivity index (χ0) is 14.3. The predicted molar refractivity (Wildman–Crippen MR) is 73.7 cm³/mol. The average molecular weight is 266 g/mol. The number of ether oxygens (including phenoxy) is 2. The SMILES string of the molecule is CCOC(COc1ccc(C(C)CC)cc1)C(=O)O. The molecule has 1 N–H and O–H groups in total. The Balaban J connectivity index is 2.55. The summed E-state index contributed by atoms with van der Waals surface area (Å²) in [4.78, 5) is 10.9. The van der Waals surface area contributed by atoms with Crippen molar-refractivity contribution >= 4 is 5.97 Å². The monoisotopic (exact) mass is 266 g/mol. The zero-order valence-electron chi connectivity index (χ0n) is 11.8. The molecule has 0 aliphatic heterocycles. The summed E-state index contributed by atoms with van der Waals surface area (Å²) in [6, 6.07) is 7.76. The minimum absolute atomic E-state index is 0.0197. The van der Waals surface area contributed by atoms with Crippen molar-refractivity contribution in [1.82, 2.24) is 0 Å². The van der Waals surface area contributed by atoms with E-state index < -0.39 is 12.1 Å². The molecule has 0 aromatic heterocycles. The van der Waals surface area contributed by atoms with Gasteiger partial charge in [-0.2, -0.15) is 0 Å². The van der Waals surface area contributed by atoms with Crippen LogP contribution in [0.15, 0.2) is 24.3 Å². The molecule has 0 heterocycles. The molecule has 19 heavy (non-hydrogen) atoms. The fraction of sp³-hybridized carbons (Fsp3) is 0.533. The molecule has 0 saturated carbocycles. The fourth-order valence-electron chi connectivity index (χ4n) is 1.69. The van der Waals surface area contributed by atoms with Crippen LogP contribution in [0.5, 0.6) is 5.75 Å². The van der Waals surface area contributed by atoms with Crippen molar-refractivity contribution in [2.45, 2.75) is 39.2 Å². The van der Waals surface area contributed by atoms with Crippen LogP contribution in [0, 0.1) is 0 Å². The number of carbonyl (C=O) groups is 1. The van der Waals surface area contributed by atoms with Gasteiger partial charge in [0, 0.05) is 6.61 Å². The second kappa shape index (κ2) is 7.79. The first-order chi connectivity index (χ1) is 9.08. The standard InChI is InChI=1S/C15H22O4/c1-4-11(3)12-6-8-13(9-7-12)19-10-14(15(16)17)18-5-2/h6-9,11,14H,4-5,10H2,1-3H3,(H,16,17). The van der Waals surface area contributed by atoms with Gasteiger partial charge in [-0.05, 0) is 37.0 Å². The predicted octanol–water partition coefficient (Wildman–Crippen LogP) is 3.07. The Bertz CT molecular complexity index is 386. The Kier molecular flexibility index (Phi) is 6.36. The zero-order valence-corrected chi connectivity index (χ0v) is 11.8. The Morgan fingerprint density at radius 3 is 2.37 bits per heavy atom. The Morgan fingerprint density at radius 2 is 1.89 bits per heavy atom. The van der Waals surface area contributed by atoms with E-state index in [9.17, 15) is 4.79 Å². The Hall–Kier alpha value is -1.55. The Labute approximate surface area is 114 Å². The molecule has 1 rings (SSSR count). The molecule has 4 nitrogen and oxygen atoms in total. The maximum absolute atomic E-state index is 10.9. The van der Waals surface area contributed by atoms with Gasteiger partial charge in [0.25, 0.3) is 0 Å². The first-order valence-electron chi connectivity index (χ1n) is 6.65. The summed E-state index contributed by atoms with van der Waals surface area (Å²) in [7, 11) is 0. The summed E-state index contributed by atoms with van der Waals surface area (Å²) in [5.74, 6) is 0.181. The minimum atomic E-state index is -1.00. The van der Waals surface area contributed by atoms with Crippen molar-refractivity contribution in [1.29, 1.82) is 0 Å². The smallest absolute Gasteiger partial charge is 0.336 e. The molecule has 2 atom stereocenters. The van der Waals surface area contributed by atoms with Crippen LogP contribution in [0.1, 0.15) is 38.7 Å². The molecule has 1 aromatic rings. The van der Waals surface area contributed by atoms with Gasteiger partial charge in [0.05, 0.1) is 0 Å². The summed E-state index contributed by atoms with van der Waals surface area (Å²) in [5, 5.41) is 8.93. The van der Waals surface area contributed by atoms with Gasteiger partial charge in [-0.15, -0.1) is 0 Å². The van der Waals surface area contributed by atoms with Crippen LogP contribution < -0.4 is 4.74 Å². The summed E-state index contributed by atoms with van der Waals surface area (Å²) < 4.78 is 10.5. The first-order valence-corrected chi connectivity index (χ1v) is 6.65. The van der Waals surface area contributed by atoms with Crippen molar-refractivity contribution in [2.24, 2.45) is 0 Å². The van der Waals surface area contributed by atoms with Gasteiger partial charge in [0.15, 0.2) is 6.10 Å². The summed E-state index contributed by atoms with van der Waals surface area (Å²) in [6.45, 7) is 6.45. The van der Waals surface area contributed by atoms with Crippen LogP contribution >= 0.6 is 0 Å². The highest BCUT2D eigenvalue weighted by molar-refractivity contribution is 5.72. The van der Waals surface area contributed by atoms with Gasteiger partial charge in [-0.25, -0.2) is 4.79 Å². The van der Waals surface area contributed by atoms with Gasteiger partial charge in [0.2, 0.25) is 0 Å². The number of hydrogen-bond donors (Lipinski definition) is 1. The van der Waals surface area contributed by atoms with E-state index in [2.05, 4.69) is 13.8 Å². The molecule has 0 amide bonds. The largest absolute Gasteiger partial charge is 0.490 e. The molecule has 0 saturated heterocycles. The van der Waals surface area contributed by atoms with Crippen molar-refractivity contribution < 1.29 is 19.4 Å². The van der Waals surface area contributed by atoms with Gasteiger partial charge >= 0.3 is 5.97 Å². The molecule has 106 valence electrons. The number of aliphatic carboxylic acids is 1. The molecule has 1 aromatic carbocycles. The maximum Gasteiger partial charge on any atom is 0.336 e. The summed E-state index contributed by atoms with van der Waals surface area (Å²) in [6.07, 6.45) is 0.172. The van der Waals surface area contributed by atoms with Gasteiger partial charge in [-0.3, -0.25) is 0 Å². The van der Waals surface area contributed by atoms with Crippen molar-refractivity contribution in [2.75, 3.05) is 13.2 Å². The van der Waals surface area contributed by atoms with E-state index in [1.165, 1.54) is 5.56 Å². The van der Waals surface area contributed by atoms with Gasteiger partial charge in [0.1, 0.15) is 12.4 Å². The van der Waals surface area contributed by atoms with Crippen LogP contribution in [0.2, 0.25) is 0 Å². The first kappa shape index (κ1) is 15.5. The van der Waals surface area contributed by atoms with Gasteiger partial charge < -0.3 is 14.6 Å². The molecule has 0 aliphatic rings. The molecule has 0 bridgehead atoms. The Morgan fingerprint density at radius 1 is 1.26 bits per heavy atom. The number of carboxylic acids is 1. The quantitative estimate of drug-likeness (QED) is 0.785. The lowest BCUT2D eigenvalue weighted by Gasteiger charge is -2.14. The van der Waals surface area contributed by atoms with E-state index in [4.69, 9.17) is 14.6 Å². The second-order valence-electron chi connectivity index (χ2n) is 4.47. The number of rotatable bonds is 8. The highest BCUT2D eigenvalue weighted by Gasteiger charge is 2.18. The molecule has 0 fully saturated rings. The second-order valence-corrected chi connectivity index (χ2v) is 4.47. The highest BCUT2D eigenvalue weighted by atomic mass is 16.5. The van der Waals surface area contributed by atoms with Crippen LogP contribution in [-0.2, 0) is 9.53 Å². The molecule has 0 radical (unpaired) electrons. The third-order valence-electron chi connectivity index (χ3n) is 3.11. The van der Waals surface area contributed by atoms with E-state index >= 15 is 0 Å². The van der Waals surface area contributed by atoms with E-state index in [0.717, 1.165) is 6.42 Å². The molecular weight excluding hydrogens is 244 g/mol. The third-order valence-corrected chi connectivity index (χ3v) is 3.11. The summed E-state index contributed by atoms with van der Waals surface area (Å²) in [5.41, 5.74) is 1.26. The topological polar surface area (TPSA) is 55.8 Å². The van der Waals surface area contributed by atoms with E-state index in [1.54, 1.807) is 6.92 Å². The minimum Gasteiger partial charge on any atom is -0.490 e. The van der Waals surface area contributed by atoms with E-state index in [1.807, 2.05) is 24.3 Å². The van der Waals surface area contributed by atoms with Crippen LogP contribution in [0.25, 0.3) is 0 Å². The maximum atomic E-state index is 10.9. The molecule has 4 heteroatoms.